The first-order chi connectivity index (χ1) is 10.1. The van der Waals surface area contributed by atoms with E-state index in [2.05, 4.69) is 15.3 Å². The van der Waals surface area contributed by atoms with E-state index < -0.39 is 0 Å². The van der Waals surface area contributed by atoms with Crippen molar-refractivity contribution in [2.24, 2.45) is 5.73 Å². The van der Waals surface area contributed by atoms with Crippen molar-refractivity contribution in [2.45, 2.75) is 37.6 Å². The summed E-state index contributed by atoms with van der Waals surface area (Å²) in [6, 6.07) is 2.14. The molecule has 1 aliphatic heterocycles. The van der Waals surface area contributed by atoms with Gasteiger partial charge in [0.25, 0.3) is 0 Å². The minimum atomic E-state index is 0. The number of likely N-dealkylation sites (tertiary alicyclic amines) is 1. The minimum absolute atomic E-state index is 0. The van der Waals surface area contributed by atoms with Crippen LogP contribution in [-0.4, -0.2) is 46.5 Å². The van der Waals surface area contributed by atoms with Gasteiger partial charge < -0.3 is 21.7 Å². The van der Waals surface area contributed by atoms with E-state index >= 15 is 0 Å². The van der Waals surface area contributed by atoms with Crippen molar-refractivity contribution in [3.05, 3.63) is 11.8 Å². The van der Waals surface area contributed by atoms with E-state index in [4.69, 9.17) is 11.5 Å². The molecule has 1 saturated heterocycles. The molecule has 0 bridgehead atoms. The van der Waals surface area contributed by atoms with Gasteiger partial charge in [-0.2, -0.15) is 4.98 Å². The fourth-order valence-corrected chi connectivity index (χ4v) is 2.93. The number of anilines is 2. The average molecular weight is 363 g/mol. The van der Waals surface area contributed by atoms with Crippen LogP contribution in [0.25, 0.3) is 0 Å². The zero-order valence-corrected chi connectivity index (χ0v) is 14.5. The Hall–Kier alpha value is -1.31. The van der Waals surface area contributed by atoms with Crippen molar-refractivity contribution in [1.29, 1.82) is 0 Å². The highest BCUT2D eigenvalue weighted by Crippen LogP contribution is 2.35. The molecule has 1 aromatic heterocycles. The molecule has 7 nitrogen and oxygen atoms in total. The van der Waals surface area contributed by atoms with Crippen LogP contribution in [0.4, 0.5) is 11.8 Å². The number of aromatic nitrogens is 2. The molecule has 2 heterocycles. The number of amides is 1. The highest BCUT2D eigenvalue weighted by Gasteiger charge is 2.29. The lowest BCUT2D eigenvalue weighted by molar-refractivity contribution is -0.128. The van der Waals surface area contributed by atoms with E-state index in [0.717, 1.165) is 44.5 Å². The quantitative estimate of drug-likeness (QED) is 0.740. The third-order valence-electron chi connectivity index (χ3n) is 4.24. The number of halogens is 2. The maximum absolute atomic E-state index is 12.0. The number of rotatable bonds is 4. The van der Waals surface area contributed by atoms with Crippen molar-refractivity contribution in [3.63, 3.8) is 0 Å². The molecular formula is C14H24Cl2N6O. The Morgan fingerprint density at radius 1 is 1.26 bits per heavy atom. The molecule has 130 valence electrons. The van der Waals surface area contributed by atoms with Crippen molar-refractivity contribution < 1.29 is 4.79 Å². The molecule has 1 aliphatic carbocycles. The number of nitrogens with one attached hydrogen (secondary N) is 1. The Labute approximate surface area is 148 Å². The Kier molecular flexibility index (Phi) is 7.31. The van der Waals surface area contributed by atoms with Gasteiger partial charge in [-0.15, -0.1) is 24.8 Å². The van der Waals surface area contributed by atoms with E-state index in [1.54, 1.807) is 0 Å². The second kappa shape index (κ2) is 8.52. The van der Waals surface area contributed by atoms with Crippen LogP contribution in [0, 0.1) is 0 Å². The third kappa shape index (κ3) is 4.83. The SMILES string of the molecule is Cl.Cl.Nc1nc(NCC(=O)N2CCCC2)cc(C2CC(N)C2)n1. The van der Waals surface area contributed by atoms with Crippen molar-refractivity contribution in [3.8, 4) is 0 Å². The molecule has 3 rings (SSSR count). The zero-order chi connectivity index (χ0) is 14.8. The van der Waals surface area contributed by atoms with E-state index in [9.17, 15) is 4.79 Å². The summed E-state index contributed by atoms with van der Waals surface area (Å²) in [7, 11) is 0. The number of nitrogen functional groups attached to an aromatic ring is 1. The summed E-state index contributed by atoms with van der Waals surface area (Å²) in [5.74, 6) is 1.33. The largest absolute Gasteiger partial charge is 0.368 e. The lowest BCUT2D eigenvalue weighted by atomic mass is 9.78. The fourth-order valence-electron chi connectivity index (χ4n) is 2.93. The maximum Gasteiger partial charge on any atom is 0.241 e. The first-order valence-corrected chi connectivity index (χ1v) is 7.53. The molecule has 5 N–H and O–H groups in total. The molecule has 1 amide bonds. The lowest BCUT2D eigenvalue weighted by Crippen LogP contribution is -2.35. The number of carbonyl (C=O) groups is 1. The average Bonchev–Trinajstić information content (AvgIpc) is 2.95. The first kappa shape index (κ1) is 19.7. The van der Waals surface area contributed by atoms with Crippen LogP contribution >= 0.6 is 24.8 Å². The summed E-state index contributed by atoms with van der Waals surface area (Å²) in [5.41, 5.74) is 12.5. The van der Waals surface area contributed by atoms with Gasteiger partial charge in [-0.1, -0.05) is 0 Å². The summed E-state index contributed by atoms with van der Waals surface area (Å²) in [6.45, 7) is 1.97. The van der Waals surface area contributed by atoms with E-state index in [-0.39, 0.29) is 49.3 Å². The Morgan fingerprint density at radius 2 is 1.91 bits per heavy atom. The fraction of sp³-hybridized carbons (Fsp3) is 0.643. The van der Waals surface area contributed by atoms with E-state index in [0.29, 0.717) is 11.7 Å². The van der Waals surface area contributed by atoms with Crippen LogP contribution in [0.15, 0.2) is 6.07 Å². The Bertz CT molecular complexity index is 532. The molecule has 2 aliphatic rings. The molecule has 0 atom stereocenters. The molecule has 1 aromatic rings. The number of hydrogen-bond donors (Lipinski definition) is 3. The van der Waals surface area contributed by atoms with E-state index in [1.807, 2.05) is 11.0 Å². The van der Waals surface area contributed by atoms with Crippen molar-refractivity contribution in [1.82, 2.24) is 14.9 Å². The molecule has 2 fully saturated rings. The summed E-state index contributed by atoms with van der Waals surface area (Å²) in [6.07, 6.45) is 4.06. The molecule has 9 heteroatoms. The summed E-state index contributed by atoms with van der Waals surface area (Å²) >= 11 is 0. The van der Waals surface area contributed by atoms with Crippen LogP contribution in [0.2, 0.25) is 0 Å². The molecule has 23 heavy (non-hydrogen) atoms. The van der Waals surface area contributed by atoms with Gasteiger partial charge >= 0.3 is 0 Å². The molecule has 0 unspecified atom stereocenters. The normalized spacial score (nSPS) is 22.6. The summed E-state index contributed by atoms with van der Waals surface area (Å²) in [5, 5.41) is 3.06. The highest BCUT2D eigenvalue weighted by molar-refractivity contribution is 5.85. The van der Waals surface area contributed by atoms with Crippen LogP contribution in [0.1, 0.15) is 37.3 Å². The van der Waals surface area contributed by atoms with Gasteiger partial charge in [0.15, 0.2) is 0 Å². The van der Waals surface area contributed by atoms with Crippen molar-refractivity contribution in [2.75, 3.05) is 30.7 Å². The number of carbonyl (C=O) groups excluding carboxylic acids is 1. The summed E-state index contributed by atoms with van der Waals surface area (Å²) < 4.78 is 0. The van der Waals surface area contributed by atoms with Crippen LogP contribution in [-0.2, 0) is 4.79 Å². The predicted molar refractivity (Wildman–Crippen MR) is 95.2 cm³/mol. The van der Waals surface area contributed by atoms with Crippen LogP contribution in [0.3, 0.4) is 0 Å². The van der Waals surface area contributed by atoms with Gasteiger partial charge in [0.1, 0.15) is 5.82 Å². The third-order valence-corrected chi connectivity index (χ3v) is 4.24. The molecule has 0 spiro atoms. The highest BCUT2D eigenvalue weighted by atomic mass is 35.5. The smallest absolute Gasteiger partial charge is 0.241 e. The van der Waals surface area contributed by atoms with Gasteiger partial charge in [-0.3, -0.25) is 4.79 Å². The molecular weight excluding hydrogens is 339 g/mol. The minimum Gasteiger partial charge on any atom is -0.368 e. The Balaban J connectivity index is 0.00000132. The van der Waals surface area contributed by atoms with Gasteiger partial charge in [0.2, 0.25) is 11.9 Å². The monoisotopic (exact) mass is 362 g/mol. The van der Waals surface area contributed by atoms with Gasteiger partial charge in [0, 0.05) is 31.1 Å². The standard InChI is InChI=1S/C14H22N6O.2ClH/c15-10-5-9(6-10)11-7-12(19-14(16)18-11)17-8-13(21)20-3-1-2-4-20;;/h7,9-10H,1-6,8,15H2,(H3,16,17,18,19);2*1H. The van der Waals surface area contributed by atoms with Crippen molar-refractivity contribution >= 4 is 42.5 Å². The van der Waals surface area contributed by atoms with E-state index in [1.165, 1.54) is 0 Å². The lowest BCUT2D eigenvalue weighted by Gasteiger charge is -2.32. The predicted octanol–water partition coefficient (Wildman–Crippen LogP) is 1.14. The maximum atomic E-state index is 12.0. The Morgan fingerprint density at radius 3 is 2.52 bits per heavy atom. The van der Waals surface area contributed by atoms with Gasteiger partial charge in [0.05, 0.1) is 12.2 Å². The summed E-state index contributed by atoms with van der Waals surface area (Å²) in [4.78, 5) is 22.3. The first-order valence-electron chi connectivity index (χ1n) is 7.53. The number of nitrogens with zero attached hydrogens (tertiary/aromatic N) is 3. The zero-order valence-electron chi connectivity index (χ0n) is 12.9. The molecule has 0 radical (unpaired) electrons. The van der Waals surface area contributed by atoms with Crippen LogP contribution < -0.4 is 16.8 Å². The number of nitrogens with two attached hydrogens (primary N) is 2. The van der Waals surface area contributed by atoms with Gasteiger partial charge in [-0.05, 0) is 25.7 Å². The van der Waals surface area contributed by atoms with Gasteiger partial charge in [-0.25, -0.2) is 4.98 Å². The topological polar surface area (TPSA) is 110 Å². The number of hydrogen-bond acceptors (Lipinski definition) is 6. The second-order valence-electron chi connectivity index (χ2n) is 5.91. The molecule has 1 saturated carbocycles. The second-order valence-corrected chi connectivity index (χ2v) is 5.91. The molecule has 0 aromatic carbocycles. The van der Waals surface area contributed by atoms with Crippen LogP contribution in [0.5, 0.6) is 0 Å².